The number of halogens is 1. The van der Waals surface area contributed by atoms with Gasteiger partial charge in [-0.25, -0.2) is 8.42 Å². The van der Waals surface area contributed by atoms with Gasteiger partial charge < -0.3 is 10.2 Å². The molecule has 0 aliphatic carbocycles. The number of nitro groups is 1. The van der Waals surface area contributed by atoms with Crippen LogP contribution in [0.5, 0.6) is 0 Å². The summed E-state index contributed by atoms with van der Waals surface area (Å²) in [6, 6.07) is 0.997. The Morgan fingerprint density at radius 1 is 1.50 bits per heavy atom. The van der Waals surface area contributed by atoms with E-state index in [1.165, 1.54) is 0 Å². The maximum Gasteiger partial charge on any atom is 0.324 e. The SMILES string of the molecule is O=C(O)C(CO)NS(=O)(=O)c1ccc(Cl)cc1[N+](=O)[O-]. The van der Waals surface area contributed by atoms with E-state index < -0.39 is 44.1 Å². The maximum atomic E-state index is 11.9. The zero-order valence-electron chi connectivity index (χ0n) is 9.69. The van der Waals surface area contributed by atoms with Crippen LogP contribution in [0.3, 0.4) is 0 Å². The minimum Gasteiger partial charge on any atom is -0.480 e. The van der Waals surface area contributed by atoms with E-state index in [1.54, 1.807) is 4.72 Å². The Labute approximate surface area is 118 Å². The van der Waals surface area contributed by atoms with Crippen molar-refractivity contribution in [3.63, 3.8) is 0 Å². The standard InChI is InChI=1S/C9H9ClN2O7S/c10-5-1-2-8(7(3-5)12(16)17)20(18,19)11-6(4-13)9(14)15/h1-3,6,11,13H,4H2,(H,14,15). The average Bonchev–Trinajstić information content (AvgIpc) is 2.35. The highest BCUT2D eigenvalue weighted by molar-refractivity contribution is 7.89. The second-order valence-corrected chi connectivity index (χ2v) is 5.68. The first-order valence-corrected chi connectivity index (χ1v) is 6.85. The number of carboxylic acids is 1. The van der Waals surface area contributed by atoms with Gasteiger partial charge in [0.1, 0.15) is 6.04 Å². The lowest BCUT2D eigenvalue weighted by Crippen LogP contribution is -2.43. The first-order valence-electron chi connectivity index (χ1n) is 4.99. The van der Waals surface area contributed by atoms with Crippen molar-refractivity contribution in [3.05, 3.63) is 33.3 Å². The van der Waals surface area contributed by atoms with Gasteiger partial charge in [0.25, 0.3) is 5.69 Å². The van der Waals surface area contributed by atoms with Crippen molar-refractivity contribution in [1.29, 1.82) is 0 Å². The van der Waals surface area contributed by atoms with E-state index in [9.17, 15) is 23.3 Å². The molecule has 0 spiro atoms. The zero-order valence-corrected chi connectivity index (χ0v) is 11.3. The molecule has 0 amide bonds. The molecule has 0 aliphatic heterocycles. The van der Waals surface area contributed by atoms with Crippen molar-refractivity contribution < 1.29 is 28.3 Å². The molecule has 9 nitrogen and oxygen atoms in total. The number of sulfonamides is 1. The lowest BCUT2D eigenvalue weighted by molar-refractivity contribution is -0.387. The summed E-state index contributed by atoms with van der Waals surface area (Å²) in [6.07, 6.45) is 0. The molecular weight excluding hydrogens is 316 g/mol. The molecule has 0 aromatic heterocycles. The Bertz CT molecular complexity index is 646. The van der Waals surface area contributed by atoms with E-state index in [2.05, 4.69) is 0 Å². The molecule has 110 valence electrons. The molecule has 1 atom stereocenters. The smallest absolute Gasteiger partial charge is 0.324 e. The summed E-state index contributed by atoms with van der Waals surface area (Å²) in [5, 5.41) is 28.2. The Hall–Kier alpha value is -1.75. The molecule has 1 aromatic carbocycles. The topological polar surface area (TPSA) is 147 Å². The van der Waals surface area contributed by atoms with Gasteiger partial charge in [0.2, 0.25) is 10.0 Å². The molecule has 0 heterocycles. The van der Waals surface area contributed by atoms with Crippen molar-refractivity contribution in [2.75, 3.05) is 6.61 Å². The number of carbonyl (C=O) groups is 1. The van der Waals surface area contributed by atoms with Crippen molar-refractivity contribution in [2.24, 2.45) is 0 Å². The summed E-state index contributed by atoms with van der Waals surface area (Å²) < 4.78 is 25.5. The molecule has 0 bridgehead atoms. The number of aliphatic carboxylic acids is 1. The number of nitro benzene ring substituents is 1. The minimum atomic E-state index is -4.50. The first-order chi connectivity index (χ1) is 9.19. The van der Waals surface area contributed by atoms with Gasteiger partial charge in [-0.1, -0.05) is 11.6 Å². The van der Waals surface area contributed by atoms with E-state index in [0.29, 0.717) is 0 Å². The Morgan fingerprint density at radius 3 is 2.55 bits per heavy atom. The van der Waals surface area contributed by atoms with Gasteiger partial charge in [-0.05, 0) is 12.1 Å². The van der Waals surface area contributed by atoms with E-state index >= 15 is 0 Å². The van der Waals surface area contributed by atoms with Crippen molar-refractivity contribution in [1.82, 2.24) is 4.72 Å². The van der Waals surface area contributed by atoms with Crippen molar-refractivity contribution in [2.45, 2.75) is 10.9 Å². The van der Waals surface area contributed by atoms with Crippen LogP contribution in [0.1, 0.15) is 0 Å². The lowest BCUT2D eigenvalue weighted by atomic mass is 10.3. The quantitative estimate of drug-likeness (QED) is 0.491. The maximum absolute atomic E-state index is 11.9. The lowest BCUT2D eigenvalue weighted by Gasteiger charge is -2.12. The molecule has 11 heteroatoms. The summed E-state index contributed by atoms with van der Waals surface area (Å²) in [5.41, 5.74) is -0.799. The fourth-order valence-corrected chi connectivity index (χ4v) is 2.78. The monoisotopic (exact) mass is 324 g/mol. The van der Waals surface area contributed by atoms with Gasteiger partial charge in [-0.3, -0.25) is 14.9 Å². The highest BCUT2D eigenvalue weighted by atomic mass is 35.5. The van der Waals surface area contributed by atoms with Crippen LogP contribution in [0, 0.1) is 10.1 Å². The van der Waals surface area contributed by atoms with Crippen LogP contribution in [0.4, 0.5) is 5.69 Å². The van der Waals surface area contributed by atoms with Crippen LogP contribution < -0.4 is 4.72 Å². The summed E-state index contributed by atoms with van der Waals surface area (Å²) in [5.74, 6) is -1.62. The minimum absolute atomic E-state index is 0.0485. The number of rotatable bonds is 6. The summed E-state index contributed by atoms with van der Waals surface area (Å²) in [6.45, 7) is -1.00. The largest absolute Gasteiger partial charge is 0.480 e. The molecule has 0 radical (unpaired) electrons. The van der Waals surface area contributed by atoms with Gasteiger partial charge in [-0.15, -0.1) is 0 Å². The van der Waals surface area contributed by atoms with Crippen LogP contribution in [0.2, 0.25) is 5.02 Å². The third-order valence-corrected chi connectivity index (χ3v) is 3.94. The predicted octanol–water partition coefficient (Wildman–Crippen LogP) is -0.0280. The van der Waals surface area contributed by atoms with Gasteiger partial charge in [-0.2, -0.15) is 4.72 Å². The predicted molar refractivity (Wildman–Crippen MR) is 66.9 cm³/mol. The molecule has 1 aromatic rings. The van der Waals surface area contributed by atoms with E-state index in [1.807, 2.05) is 0 Å². The molecule has 0 fully saturated rings. The van der Waals surface area contributed by atoms with Gasteiger partial charge >= 0.3 is 5.97 Å². The molecule has 0 saturated carbocycles. The molecule has 3 N–H and O–H groups in total. The number of hydrogen-bond acceptors (Lipinski definition) is 6. The van der Waals surface area contributed by atoms with Gasteiger partial charge in [0.15, 0.2) is 4.90 Å². The summed E-state index contributed by atoms with van der Waals surface area (Å²) in [7, 11) is -4.50. The normalized spacial score (nSPS) is 12.9. The second kappa shape index (κ2) is 6.13. The highest BCUT2D eigenvalue weighted by Crippen LogP contribution is 2.27. The van der Waals surface area contributed by atoms with Crippen LogP contribution in [0.15, 0.2) is 23.1 Å². The fourth-order valence-electron chi connectivity index (χ4n) is 1.28. The van der Waals surface area contributed by atoms with Gasteiger partial charge in [0, 0.05) is 11.1 Å². The number of aliphatic hydroxyl groups excluding tert-OH is 1. The van der Waals surface area contributed by atoms with Crippen LogP contribution in [-0.2, 0) is 14.8 Å². The van der Waals surface area contributed by atoms with E-state index in [0.717, 1.165) is 18.2 Å². The van der Waals surface area contributed by atoms with E-state index in [-0.39, 0.29) is 5.02 Å². The Kier molecular flexibility index (Phi) is 5.00. The fraction of sp³-hybridized carbons (Fsp3) is 0.222. The van der Waals surface area contributed by atoms with Crippen LogP contribution in [0.25, 0.3) is 0 Å². The second-order valence-electron chi connectivity index (χ2n) is 3.56. The molecular formula is C9H9ClN2O7S. The van der Waals surface area contributed by atoms with Crippen LogP contribution in [-0.4, -0.2) is 42.2 Å². The van der Waals surface area contributed by atoms with Crippen LogP contribution >= 0.6 is 11.6 Å². The number of nitrogens with one attached hydrogen (secondary N) is 1. The summed E-state index contributed by atoms with van der Waals surface area (Å²) in [4.78, 5) is 19.8. The third kappa shape index (κ3) is 3.63. The highest BCUT2D eigenvalue weighted by Gasteiger charge is 2.30. The summed E-state index contributed by atoms with van der Waals surface area (Å²) >= 11 is 5.54. The Balaban J connectivity index is 3.29. The van der Waals surface area contributed by atoms with Gasteiger partial charge in [0.05, 0.1) is 11.5 Å². The number of hydrogen-bond donors (Lipinski definition) is 3. The number of carboxylic acid groups (broad SMARTS) is 1. The Morgan fingerprint density at radius 2 is 2.10 bits per heavy atom. The number of nitrogens with zero attached hydrogens (tertiary/aromatic N) is 1. The molecule has 1 rings (SSSR count). The molecule has 0 aliphatic rings. The zero-order chi connectivity index (χ0) is 15.5. The average molecular weight is 325 g/mol. The molecule has 0 saturated heterocycles. The third-order valence-electron chi connectivity index (χ3n) is 2.19. The number of aliphatic hydroxyl groups is 1. The van der Waals surface area contributed by atoms with Crippen molar-refractivity contribution in [3.8, 4) is 0 Å². The number of benzene rings is 1. The molecule has 1 unspecified atom stereocenters. The van der Waals surface area contributed by atoms with E-state index in [4.69, 9.17) is 21.8 Å². The molecule has 20 heavy (non-hydrogen) atoms. The van der Waals surface area contributed by atoms with Crippen molar-refractivity contribution >= 4 is 33.3 Å². The first kappa shape index (κ1) is 16.3.